The van der Waals surface area contributed by atoms with Gasteiger partial charge >= 0.3 is 0 Å². The number of hydrogen-bond acceptors (Lipinski definition) is 4. The van der Waals surface area contributed by atoms with Gasteiger partial charge in [0.2, 0.25) is 10.0 Å². The number of methoxy groups -OCH3 is 1. The molecular formula is C16H26N2O3S. The molecule has 5 nitrogen and oxygen atoms in total. The lowest BCUT2D eigenvalue weighted by Crippen LogP contribution is -2.40. The first-order chi connectivity index (χ1) is 10.5. The van der Waals surface area contributed by atoms with E-state index in [0.717, 1.165) is 31.5 Å². The molecule has 1 fully saturated rings. The van der Waals surface area contributed by atoms with Crippen LogP contribution in [0.15, 0.2) is 23.1 Å². The number of ether oxygens (including phenoxy) is 1. The number of nitrogens with zero attached hydrogens (tertiary/aromatic N) is 1. The van der Waals surface area contributed by atoms with Gasteiger partial charge in [-0.3, -0.25) is 0 Å². The van der Waals surface area contributed by atoms with Crippen LogP contribution < -0.4 is 10.1 Å². The highest BCUT2D eigenvalue weighted by Crippen LogP contribution is 2.30. The molecule has 0 aliphatic carbocycles. The van der Waals surface area contributed by atoms with E-state index in [2.05, 4.69) is 12.2 Å². The zero-order valence-electron chi connectivity index (χ0n) is 13.6. The van der Waals surface area contributed by atoms with Gasteiger partial charge in [-0.15, -0.1) is 0 Å². The molecule has 1 aromatic rings. The summed E-state index contributed by atoms with van der Waals surface area (Å²) in [4.78, 5) is 0.278. The lowest BCUT2D eigenvalue weighted by Gasteiger charge is -2.31. The largest absolute Gasteiger partial charge is 0.495 e. The molecule has 1 aliphatic heterocycles. The summed E-state index contributed by atoms with van der Waals surface area (Å²) in [6.45, 7) is 7.06. The van der Waals surface area contributed by atoms with Crippen LogP contribution in [0.5, 0.6) is 5.75 Å². The van der Waals surface area contributed by atoms with Crippen LogP contribution in [0, 0.1) is 12.8 Å². The number of rotatable bonds is 6. The van der Waals surface area contributed by atoms with Gasteiger partial charge in [0.1, 0.15) is 10.6 Å². The van der Waals surface area contributed by atoms with Gasteiger partial charge in [0.05, 0.1) is 7.11 Å². The topological polar surface area (TPSA) is 58.6 Å². The van der Waals surface area contributed by atoms with Crippen LogP contribution in [-0.2, 0) is 10.0 Å². The molecule has 1 heterocycles. The fraction of sp³-hybridized carbons (Fsp3) is 0.625. The van der Waals surface area contributed by atoms with E-state index < -0.39 is 10.0 Å². The van der Waals surface area contributed by atoms with E-state index in [4.69, 9.17) is 4.74 Å². The molecule has 1 N–H and O–H groups in total. The summed E-state index contributed by atoms with van der Waals surface area (Å²) in [5.41, 5.74) is 0.918. The maximum absolute atomic E-state index is 12.9. The molecule has 0 spiro atoms. The second kappa shape index (κ2) is 7.44. The van der Waals surface area contributed by atoms with Crippen molar-refractivity contribution in [2.45, 2.75) is 31.6 Å². The van der Waals surface area contributed by atoms with Crippen molar-refractivity contribution in [2.24, 2.45) is 5.92 Å². The minimum Gasteiger partial charge on any atom is -0.495 e. The van der Waals surface area contributed by atoms with Gasteiger partial charge in [-0.05, 0) is 56.5 Å². The Bertz CT molecular complexity index is 593. The SMILES string of the molecule is CCNCC1CCN(S(=O)(=O)c2cc(C)ccc2OC)CC1. The maximum atomic E-state index is 12.9. The fourth-order valence-corrected chi connectivity index (χ4v) is 4.54. The Morgan fingerprint density at radius 2 is 2.00 bits per heavy atom. The van der Waals surface area contributed by atoms with Crippen molar-refractivity contribution in [1.82, 2.24) is 9.62 Å². The molecular weight excluding hydrogens is 300 g/mol. The van der Waals surface area contributed by atoms with E-state index in [0.29, 0.717) is 24.8 Å². The maximum Gasteiger partial charge on any atom is 0.246 e. The second-order valence-electron chi connectivity index (χ2n) is 5.81. The van der Waals surface area contributed by atoms with Crippen molar-refractivity contribution in [3.8, 4) is 5.75 Å². The monoisotopic (exact) mass is 326 g/mol. The fourth-order valence-electron chi connectivity index (χ4n) is 2.83. The van der Waals surface area contributed by atoms with Crippen LogP contribution in [0.3, 0.4) is 0 Å². The summed E-state index contributed by atoms with van der Waals surface area (Å²) in [6, 6.07) is 5.28. The summed E-state index contributed by atoms with van der Waals surface area (Å²) in [5.74, 6) is 0.978. The predicted molar refractivity (Wildman–Crippen MR) is 87.8 cm³/mol. The van der Waals surface area contributed by atoms with Gasteiger partial charge in [0.15, 0.2) is 0 Å². The Kier molecular flexibility index (Phi) is 5.83. The van der Waals surface area contributed by atoms with Crippen LogP contribution in [0.2, 0.25) is 0 Å². The average molecular weight is 326 g/mol. The lowest BCUT2D eigenvalue weighted by atomic mass is 9.98. The zero-order chi connectivity index (χ0) is 16.2. The molecule has 124 valence electrons. The molecule has 0 bridgehead atoms. The van der Waals surface area contributed by atoms with Crippen molar-refractivity contribution in [1.29, 1.82) is 0 Å². The van der Waals surface area contributed by atoms with E-state index in [1.165, 1.54) is 7.11 Å². The summed E-state index contributed by atoms with van der Waals surface area (Å²) in [7, 11) is -1.98. The number of benzene rings is 1. The molecule has 2 rings (SSSR count). The first-order valence-electron chi connectivity index (χ1n) is 7.84. The molecule has 0 aromatic heterocycles. The Balaban J connectivity index is 2.14. The zero-order valence-corrected chi connectivity index (χ0v) is 14.4. The summed E-state index contributed by atoms with van der Waals surface area (Å²) < 4.78 is 32.6. The standard InChI is InChI=1S/C16H26N2O3S/c1-4-17-12-14-7-9-18(10-8-14)22(19,20)16-11-13(2)5-6-15(16)21-3/h5-6,11,14,17H,4,7-10,12H2,1-3H3. The number of piperidine rings is 1. The highest BCUT2D eigenvalue weighted by atomic mass is 32.2. The number of nitrogens with one attached hydrogen (secondary N) is 1. The van der Waals surface area contributed by atoms with Gasteiger partial charge in [-0.1, -0.05) is 13.0 Å². The van der Waals surface area contributed by atoms with Gasteiger partial charge in [-0.25, -0.2) is 8.42 Å². The van der Waals surface area contributed by atoms with Crippen molar-refractivity contribution in [2.75, 3.05) is 33.3 Å². The summed E-state index contributed by atoms with van der Waals surface area (Å²) in [6.07, 6.45) is 1.81. The van der Waals surface area contributed by atoms with E-state index >= 15 is 0 Å². The Morgan fingerprint density at radius 3 is 2.59 bits per heavy atom. The number of aryl methyl sites for hydroxylation is 1. The third-order valence-corrected chi connectivity index (χ3v) is 6.11. The first-order valence-corrected chi connectivity index (χ1v) is 9.28. The molecule has 0 saturated carbocycles. The molecule has 0 amide bonds. The lowest BCUT2D eigenvalue weighted by molar-refractivity contribution is 0.267. The van der Waals surface area contributed by atoms with Crippen LogP contribution in [-0.4, -0.2) is 46.0 Å². The van der Waals surface area contributed by atoms with E-state index in [9.17, 15) is 8.42 Å². The van der Waals surface area contributed by atoms with Gasteiger partial charge in [-0.2, -0.15) is 4.31 Å². The highest BCUT2D eigenvalue weighted by molar-refractivity contribution is 7.89. The number of hydrogen-bond donors (Lipinski definition) is 1. The predicted octanol–water partition coefficient (Wildman–Crippen LogP) is 2.01. The minimum atomic E-state index is -3.48. The van der Waals surface area contributed by atoms with Crippen LogP contribution in [0.1, 0.15) is 25.3 Å². The van der Waals surface area contributed by atoms with E-state index in [1.54, 1.807) is 16.4 Å². The number of sulfonamides is 1. The Hall–Kier alpha value is -1.11. The third-order valence-electron chi connectivity index (χ3n) is 4.19. The summed E-state index contributed by atoms with van der Waals surface area (Å²) in [5, 5.41) is 3.34. The average Bonchev–Trinajstić information content (AvgIpc) is 2.53. The second-order valence-corrected chi connectivity index (χ2v) is 7.72. The molecule has 1 aliphatic rings. The van der Waals surface area contributed by atoms with Gasteiger partial charge in [0, 0.05) is 13.1 Å². The molecule has 0 unspecified atom stereocenters. The van der Waals surface area contributed by atoms with Gasteiger partial charge < -0.3 is 10.1 Å². The molecule has 22 heavy (non-hydrogen) atoms. The van der Waals surface area contributed by atoms with Crippen molar-refractivity contribution < 1.29 is 13.2 Å². The van der Waals surface area contributed by atoms with E-state index in [-0.39, 0.29) is 4.90 Å². The molecule has 0 atom stereocenters. The van der Waals surface area contributed by atoms with Crippen LogP contribution in [0.4, 0.5) is 0 Å². The quantitative estimate of drug-likeness (QED) is 0.869. The van der Waals surface area contributed by atoms with E-state index in [1.807, 2.05) is 13.0 Å². The smallest absolute Gasteiger partial charge is 0.246 e. The molecule has 1 saturated heterocycles. The van der Waals surface area contributed by atoms with Crippen LogP contribution >= 0.6 is 0 Å². The highest BCUT2D eigenvalue weighted by Gasteiger charge is 2.31. The van der Waals surface area contributed by atoms with Crippen molar-refractivity contribution >= 4 is 10.0 Å². The minimum absolute atomic E-state index is 0.278. The van der Waals surface area contributed by atoms with Crippen molar-refractivity contribution in [3.63, 3.8) is 0 Å². The Labute approximate surface area is 133 Å². The van der Waals surface area contributed by atoms with Crippen LogP contribution in [0.25, 0.3) is 0 Å². The molecule has 6 heteroatoms. The first kappa shape index (κ1) is 17.2. The molecule has 0 radical (unpaired) electrons. The third kappa shape index (κ3) is 3.80. The summed E-state index contributed by atoms with van der Waals surface area (Å²) >= 11 is 0. The normalized spacial score (nSPS) is 17.6. The Morgan fingerprint density at radius 1 is 1.32 bits per heavy atom. The van der Waals surface area contributed by atoms with Gasteiger partial charge in [0.25, 0.3) is 0 Å². The molecule has 1 aromatic carbocycles. The van der Waals surface area contributed by atoms with Crippen molar-refractivity contribution in [3.05, 3.63) is 23.8 Å².